The molecule has 1 aromatic carbocycles. The number of rotatable bonds is 8. The first-order valence-electron chi connectivity index (χ1n) is 9.99. The van der Waals surface area contributed by atoms with Gasteiger partial charge >= 0.3 is 0 Å². The maximum Gasteiger partial charge on any atom is 0.191 e. The predicted molar refractivity (Wildman–Crippen MR) is 121 cm³/mol. The van der Waals surface area contributed by atoms with Crippen molar-refractivity contribution >= 4 is 23.4 Å². The van der Waals surface area contributed by atoms with E-state index in [1.807, 2.05) is 23.7 Å². The van der Waals surface area contributed by atoms with Gasteiger partial charge in [0.1, 0.15) is 5.82 Å². The van der Waals surface area contributed by atoms with Gasteiger partial charge in [-0.15, -0.1) is 10.2 Å². The molecule has 0 spiro atoms. The zero-order valence-corrected chi connectivity index (χ0v) is 18.7. The molecule has 0 aliphatic rings. The number of thioether (sulfide) groups is 1. The monoisotopic (exact) mass is 442 g/mol. The van der Waals surface area contributed by atoms with Crippen molar-refractivity contribution in [3.63, 3.8) is 0 Å². The number of benzene rings is 1. The van der Waals surface area contributed by atoms with Crippen LogP contribution in [0.2, 0.25) is 5.02 Å². The highest BCUT2D eigenvalue weighted by Crippen LogP contribution is 2.26. The van der Waals surface area contributed by atoms with Crippen LogP contribution in [0.3, 0.4) is 0 Å². The zero-order valence-electron chi connectivity index (χ0n) is 17.2. The fourth-order valence-electron chi connectivity index (χ4n) is 2.90. The summed E-state index contributed by atoms with van der Waals surface area (Å²) >= 11 is 7.23. The average molecular weight is 443 g/mol. The standard InChI is InChI=1S/C23H24ClFN4S/c1-3-4-5-6-7-8-9-17-12-19(15-26-14-17)22-27-28-23(29(22)2)30-16-18-10-11-20(24)21(25)13-18/h10-15H,3-7,16H2,1-2H3. The molecule has 0 N–H and O–H groups in total. The molecule has 0 aliphatic carbocycles. The Kier molecular flexibility index (Phi) is 8.30. The molecule has 0 unspecified atom stereocenters. The highest BCUT2D eigenvalue weighted by molar-refractivity contribution is 7.98. The van der Waals surface area contributed by atoms with Gasteiger partial charge in [-0.2, -0.15) is 0 Å². The van der Waals surface area contributed by atoms with Gasteiger partial charge in [0.15, 0.2) is 11.0 Å². The van der Waals surface area contributed by atoms with Crippen LogP contribution in [0.1, 0.15) is 50.2 Å². The first-order valence-corrected chi connectivity index (χ1v) is 11.3. The third-order valence-corrected chi connectivity index (χ3v) is 5.97. The van der Waals surface area contributed by atoms with Crippen LogP contribution in [0.25, 0.3) is 11.4 Å². The summed E-state index contributed by atoms with van der Waals surface area (Å²) in [5.41, 5.74) is 2.58. The van der Waals surface area contributed by atoms with Gasteiger partial charge in [-0.3, -0.25) is 4.98 Å². The minimum atomic E-state index is -0.414. The number of halogens is 2. The van der Waals surface area contributed by atoms with Crippen molar-refractivity contribution in [1.82, 2.24) is 19.7 Å². The number of nitrogens with zero attached hydrogens (tertiary/aromatic N) is 4. The molecule has 30 heavy (non-hydrogen) atoms. The van der Waals surface area contributed by atoms with Crippen LogP contribution >= 0.6 is 23.4 Å². The molecule has 0 bridgehead atoms. The third-order valence-electron chi connectivity index (χ3n) is 4.57. The number of pyridine rings is 1. The summed E-state index contributed by atoms with van der Waals surface area (Å²) < 4.78 is 15.5. The van der Waals surface area contributed by atoms with Gasteiger partial charge in [0.2, 0.25) is 0 Å². The van der Waals surface area contributed by atoms with Crippen molar-refractivity contribution in [2.24, 2.45) is 7.05 Å². The van der Waals surface area contributed by atoms with E-state index >= 15 is 0 Å². The Labute approximate surface area is 186 Å². The molecular weight excluding hydrogens is 419 g/mol. The SMILES string of the molecule is CCCCCCC#Cc1cncc(-c2nnc(SCc3ccc(Cl)c(F)c3)n2C)c1. The second-order valence-corrected chi connectivity index (χ2v) is 8.33. The van der Waals surface area contributed by atoms with Crippen LogP contribution in [0.4, 0.5) is 4.39 Å². The van der Waals surface area contributed by atoms with Crippen LogP contribution in [-0.4, -0.2) is 19.7 Å². The van der Waals surface area contributed by atoms with Gasteiger partial charge in [-0.05, 0) is 30.2 Å². The summed E-state index contributed by atoms with van der Waals surface area (Å²) in [5, 5.41) is 9.45. The summed E-state index contributed by atoms with van der Waals surface area (Å²) in [4.78, 5) is 4.31. The smallest absolute Gasteiger partial charge is 0.191 e. The fraction of sp³-hybridized carbons (Fsp3) is 0.348. The lowest BCUT2D eigenvalue weighted by Gasteiger charge is -2.05. The highest BCUT2D eigenvalue weighted by atomic mass is 35.5. The topological polar surface area (TPSA) is 43.6 Å². The van der Waals surface area contributed by atoms with Crippen molar-refractivity contribution in [2.75, 3.05) is 0 Å². The molecule has 2 aromatic heterocycles. The lowest BCUT2D eigenvalue weighted by Crippen LogP contribution is -1.96. The van der Waals surface area contributed by atoms with Gasteiger partial charge < -0.3 is 4.57 Å². The lowest BCUT2D eigenvalue weighted by molar-refractivity contribution is 0.627. The summed E-state index contributed by atoms with van der Waals surface area (Å²) in [6.45, 7) is 2.21. The average Bonchev–Trinajstić information content (AvgIpc) is 3.12. The minimum absolute atomic E-state index is 0.126. The van der Waals surface area contributed by atoms with Gasteiger partial charge in [0.05, 0.1) is 5.02 Å². The van der Waals surface area contributed by atoms with Crippen LogP contribution in [0.15, 0.2) is 41.8 Å². The minimum Gasteiger partial charge on any atom is -0.305 e. The first kappa shape index (κ1) is 22.3. The van der Waals surface area contributed by atoms with Crippen LogP contribution in [-0.2, 0) is 12.8 Å². The molecule has 0 amide bonds. The van der Waals surface area contributed by atoms with Gasteiger partial charge in [0, 0.05) is 42.7 Å². The highest BCUT2D eigenvalue weighted by Gasteiger charge is 2.12. The molecule has 2 heterocycles. The van der Waals surface area contributed by atoms with Crippen molar-refractivity contribution in [2.45, 2.75) is 49.9 Å². The Morgan fingerprint density at radius 3 is 2.80 bits per heavy atom. The molecule has 0 saturated carbocycles. The Hall–Kier alpha value is -2.36. The van der Waals surface area contributed by atoms with Crippen molar-refractivity contribution in [3.05, 3.63) is 58.6 Å². The van der Waals surface area contributed by atoms with E-state index in [2.05, 4.69) is 33.9 Å². The normalized spacial score (nSPS) is 10.7. The molecule has 0 fully saturated rings. The quantitative estimate of drug-likeness (QED) is 0.234. The lowest BCUT2D eigenvalue weighted by atomic mass is 10.1. The van der Waals surface area contributed by atoms with Gasteiger partial charge in [-0.1, -0.05) is 67.5 Å². The summed E-state index contributed by atoms with van der Waals surface area (Å²) in [6, 6.07) is 6.81. The number of hydrogen-bond acceptors (Lipinski definition) is 4. The maximum absolute atomic E-state index is 13.6. The molecular formula is C23H24ClFN4S. The molecule has 156 valence electrons. The summed E-state index contributed by atoms with van der Waals surface area (Å²) in [5.74, 6) is 7.30. The summed E-state index contributed by atoms with van der Waals surface area (Å²) in [7, 11) is 1.91. The second-order valence-electron chi connectivity index (χ2n) is 6.98. The Bertz CT molecular complexity index is 1050. The van der Waals surface area contributed by atoms with Gasteiger partial charge in [0.25, 0.3) is 0 Å². The number of unbranched alkanes of at least 4 members (excludes halogenated alkanes) is 4. The molecule has 0 atom stereocenters. The molecule has 3 rings (SSSR count). The molecule has 0 aliphatic heterocycles. The molecule has 0 saturated heterocycles. The summed E-state index contributed by atoms with van der Waals surface area (Å²) in [6.07, 6.45) is 9.29. The van der Waals surface area contributed by atoms with E-state index in [4.69, 9.17) is 11.6 Å². The van der Waals surface area contributed by atoms with E-state index in [-0.39, 0.29) is 5.02 Å². The van der Waals surface area contributed by atoms with E-state index in [1.165, 1.54) is 37.1 Å². The molecule has 7 heteroatoms. The van der Waals surface area contributed by atoms with E-state index in [9.17, 15) is 4.39 Å². The Balaban J connectivity index is 1.66. The zero-order chi connectivity index (χ0) is 21.3. The van der Waals surface area contributed by atoms with Crippen LogP contribution in [0.5, 0.6) is 0 Å². The van der Waals surface area contributed by atoms with Gasteiger partial charge in [-0.25, -0.2) is 4.39 Å². The number of hydrogen-bond donors (Lipinski definition) is 0. The van der Waals surface area contributed by atoms with E-state index in [0.717, 1.165) is 40.5 Å². The molecule has 0 radical (unpaired) electrons. The Morgan fingerprint density at radius 2 is 2.00 bits per heavy atom. The Morgan fingerprint density at radius 1 is 1.13 bits per heavy atom. The van der Waals surface area contributed by atoms with Crippen molar-refractivity contribution in [3.8, 4) is 23.2 Å². The van der Waals surface area contributed by atoms with Crippen LogP contribution < -0.4 is 0 Å². The van der Waals surface area contributed by atoms with Crippen LogP contribution in [0, 0.1) is 17.7 Å². The molecule has 3 aromatic rings. The first-order chi connectivity index (χ1) is 14.6. The van der Waals surface area contributed by atoms with E-state index < -0.39 is 5.82 Å². The fourth-order valence-corrected chi connectivity index (χ4v) is 3.88. The number of aromatic nitrogens is 4. The van der Waals surface area contributed by atoms with E-state index in [0.29, 0.717) is 5.75 Å². The van der Waals surface area contributed by atoms with Crippen molar-refractivity contribution < 1.29 is 4.39 Å². The largest absolute Gasteiger partial charge is 0.305 e. The molecule has 4 nitrogen and oxygen atoms in total. The third kappa shape index (κ3) is 6.07. The second kappa shape index (κ2) is 11.1. The maximum atomic E-state index is 13.6. The van der Waals surface area contributed by atoms with Crippen molar-refractivity contribution in [1.29, 1.82) is 0 Å². The van der Waals surface area contributed by atoms with E-state index in [1.54, 1.807) is 18.5 Å². The predicted octanol–water partition coefficient (Wildman–Crippen LogP) is 6.28.